The fraction of sp³-hybridized carbons (Fsp3) is 0.375. The van der Waals surface area contributed by atoms with E-state index in [0.717, 1.165) is 17.9 Å². The molecule has 0 saturated carbocycles. The molecule has 1 unspecified atom stereocenters. The predicted molar refractivity (Wildman–Crippen MR) is 83.2 cm³/mol. The topological polar surface area (TPSA) is 75.6 Å². The van der Waals surface area contributed by atoms with E-state index in [1.165, 1.54) is 12.1 Å². The molecule has 1 aliphatic rings. The summed E-state index contributed by atoms with van der Waals surface area (Å²) in [6, 6.07) is 5.83. The summed E-state index contributed by atoms with van der Waals surface area (Å²) in [7, 11) is 0. The summed E-state index contributed by atoms with van der Waals surface area (Å²) >= 11 is 0. The van der Waals surface area contributed by atoms with Crippen molar-refractivity contribution in [3.05, 3.63) is 47.9 Å². The molecular formula is C16H19FN4O2. The van der Waals surface area contributed by atoms with Crippen LogP contribution in [-0.2, 0) is 11.3 Å². The Hall–Kier alpha value is -2.41. The highest BCUT2D eigenvalue weighted by molar-refractivity contribution is 5.81. The van der Waals surface area contributed by atoms with Crippen molar-refractivity contribution in [1.82, 2.24) is 9.88 Å². The Balaban J connectivity index is 1.72. The summed E-state index contributed by atoms with van der Waals surface area (Å²) in [6.45, 7) is 4.16. The third-order valence-corrected chi connectivity index (χ3v) is 4.04. The molecule has 2 heterocycles. The molecule has 1 aromatic carbocycles. The van der Waals surface area contributed by atoms with Crippen LogP contribution in [0.25, 0.3) is 0 Å². The average molecular weight is 318 g/mol. The Morgan fingerprint density at radius 3 is 2.74 bits per heavy atom. The number of benzene rings is 1. The van der Waals surface area contributed by atoms with Gasteiger partial charge in [-0.1, -0.05) is 0 Å². The van der Waals surface area contributed by atoms with Crippen molar-refractivity contribution in [3.63, 3.8) is 0 Å². The minimum Gasteiger partial charge on any atom is -0.449 e. The fourth-order valence-electron chi connectivity index (χ4n) is 2.86. The molecule has 1 fully saturated rings. The van der Waals surface area contributed by atoms with Gasteiger partial charge < -0.3 is 15.1 Å². The van der Waals surface area contributed by atoms with Gasteiger partial charge in [0, 0.05) is 38.8 Å². The third kappa shape index (κ3) is 3.50. The van der Waals surface area contributed by atoms with Gasteiger partial charge in [-0.25, -0.2) is 9.37 Å². The molecule has 122 valence electrons. The molecule has 2 aromatic rings. The van der Waals surface area contributed by atoms with Crippen LogP contribution in [0.1, 0.15) is 11.6 Å². The highest BCUT2D eigenvalue weighted by atomic mass is 19.1. The van der Waals surface area contributed by atoms with E-state index in [1.54, 1.807) is 25.3 Å². The van der Waals surface area contributed by atoms with Crippen LogP contribution in [-0.4, -0.2) is 41.5 Å². The molecule has 23 heavy (non-hydrogen) atoms. The fourth-order valence-corrected chi connectivity index (χ4v) is 2.86. The molecule has 0 aliphatic carbocycles. The molecule has 2 N–H and O–H groups in total. The number of primary amides is 1. The van der Waals surface area contributed by atoms with Crippen molar-refractivity contribution in [2.24, 2.45) is 5.73 Å². The zero-order valence-corrected chi connectivity index (χ0v) is 12.9. The Morgan fingerprint density at radius 1 is 1.39 bits per heavy atom. The van der Waals surface area contributed by atoms with E-state index in [2.05, 4.69) is 4.98 Å². The summed E-state index contributed by atoms with van der Waals surface area (Å²) in [6.07, 6.45) is 1.60. The quantitative estimate of drug-likeness (QED) is 0.919. The summed E-state index contributed by atoms with van der Waals surface area (Å²) in [4.78, 5) is 20.2. The number of hydrogen-bond acceptors (Lipinski definition) is 5. The lowest BCUT2D eigenvalue weighted by molar-refractivity contribution is -0.123. The first-order valence-corrected chi connectivity index (χ1v) is 7.48. The smallest absolute Gasteiger partial charge is 0.236 e. The molecule has 3 rings (SSSR count). The van der Waals surface area contributed by atoms with Gasteiger partial charge in [0.25, 0.3) is 0 Å². The molecule has 0 bridgehead atoms. The molecule has 1 aromatic heterocycles. The number of piperazine rings is 1. The van der Waals surface area contributed by atoms with E-state index in [9.17, 15) is 9.18 Å². The van der Waals surface area contributed by atoms with Gasteiger partial charge in [0.1, 0.15) is 18.1 Å². The van der Waals surface area contributed by atoms with E-state index >= 15 is 0 Å². The molecule has 1 atom stereocenters. The van der Waals surface area contributed by atoms with Crippen molar-refractivity contribution < 1.29 is 13.6 Å². The van der Waals surface area contributed by atoms with E-state index < -0.39 is 6.04 Å². The van der Waals surface area contributed by atoms with Crippen LogP contribution < -0.4 is 10.6 Å². The Morgan fingerprint density at radius 2 is 2.13 bits per heavy atom. The first-order chi connectivity index (χ1) is 11.0. The minimum atomic E-state index is -0.425. The van der Waals surface area contributed by atoms with Gasteiger partial charge in [-0.2, -0.15) is 0 Å². The lowest BCUT2D eigenvalue weighted by Crippen LogP contribution is -2.57. The number of carbonyl (C=O) groups excluding carboxylic acids is 1. The SMILES string of the molecule is Cc1nc(CN2CCN(c3ccc(F)cc3)CC2C(N)=O)co1. The lowest BCUT2D eigenvalue weighted by atomic mass is 10.1. The van der Waals surface area contributed by atoms with Crippen LogP contribution >= 0.6 is 0 Å². The number of anilines is 1. The number of nitrogens with zero attached hydrogens (tertiary/aromatic N) is 3. The minimum absolute atomic E-state index is 0.278. The molecule has 1 aliphatic heterocycles. The van der Waals surface area contributed by atoms with Crippen molar-refractivity contribution in [2.45, 2.75) is 19.5 Å². The van der Waals surface area contributed by atoms with Gasteiger partial charge in [0.2, 0.25) is 5.91 Å². The number of aryl methyl sites for hydroxylation is 1. The van der Waals surface area contributed by atoms with Crippen LogP contribution in [0.3, 0.4) is 0 Å². The summed E-state index contributed by atoms with van der Waals surface area (Å²) in [5.74, 6) is -0.0576. The average Bonchev–Trinajstić information content (AvgIpc) is 2.93. The molecule has 7 heteroatoms. The Bertz CT molecular complexity index is 686. The highest BCUT2D eigenvalue weighted by Crippen LogP contribution is 2.21. The standard InChI is InChI=1S/C16H19FN4O2/c1-11-19-13(10-23-11)8-21-7-6-20(9-15(21)16(18)22)14-4-2-12(17)3-5-14/h2-5,10,15H,6-9H2,1H3,(H2,18,22). The number of aromatic nitrogens is 1. The molecule has 0 radical (unpaired) electrons. The largest absolute Gasteiger partial charge is 0.449 e. The number of carbonyl (C=O) groups is 1. The first kappa shape index (κ1) is 15.5. The summed E-state index contributed by atoms with van der Waals surface area (Å²) in [5.41, 5.74) is 7.24. The number of nitrogens with two attached hydrogens (primary N) is 1. The van der Waals surface area contributed by atoms with E-state index in [-0.39, 0.29) is 11.7 Å². The van der Waals surface area contributed by atoms with E-state index in [1.807, 2.05) is 9.80 Å². The lowest BCUT2D eigenvalue weighted by Gasteiger charge is -2.40. The second kappa shape index (κ2) is 6.37. The molecule has 0 spiro atoms. The van der Waals surface area contributed by atoms with Gasteiger partial charge in [0.15, 0.2) is 5.89 Å². The van der Waals surface area contributed by atoms with E-state index in [0.29, 0.717) is 25.5 Å². The Labute approximate surface area is 133 Å². The second-order valence-electron chi connectivity index (χ2n) is 5.67. The van der Waals surface area contributed by atoms with Crippen LogP contribution in [0.4, 0.5) is 10.1 Å². The maximum atomic E-state index is 13.0. The number of oxazole rings is 1. The van der Waals surface area contributed by atoms with Crippen molar-refractivity contribution in [3.8, 4) is 0 Å². The number of hydrogen-bond donors (Lipinski definition) is 1. The summed E-state index contributed by atoms with van der Waals surface area (Å²) in [5, 5.41) is 0. The molecule has 1 amide bonds. The highest BCUT2D eigenvalue weighted by Gasteiger charge is 2.31. The van der Waals surface area contributed by atoms with Crippen molar-refractivity contribution in [1.29, 1.82) is 0 Å². The number of halogens is 1. The number of rotatable bonds is 4. The van der Waals surface area contributed by atoms with Gasteiger partial charge in [0.05, 0.1) is 5.69 Å². The summed E-state index contributed by atoms with van der Waals surface area (Å²) < 4.78 is 18.3. The predicted octanol–water partition coefficient (Wildman–Crippen LogP) is 1.30. The van der Waals surface area contributed by atoms with Crippen molar-refractivity contribution in [2.75, 3.05) is 24.5 Å². The normalized spacial score (nSPS) is 19.0. The van der Waals surface area contributed by atoms with Gasteiger partial charge in [-0.05, 0) is 24.3 Å². The third-order valence-electron chi connectivity index (χ3n) is 4.04. The van der Waals surface area contributed by atoms with Crippen molar-refractivity contribution >= 4 is 11.6 Å². The maximum Gasteiger partial charge on any atom is 0.236 e. The van der Waals surface area contributed by atoms with Crippen LogP contribution in [0.5, 0.6) is 0 Å². The monoisotopic (exact) mass is 318 g/mol. The maximum absolute atomic E-state index is 13.0. The second-order valence-corrected chi connectivity index (χ2v) is 5.67. The molecule has 6 nitrogen and oxygen atoms in total. The van der Waals surface area contributed by atoms with Crippen LogP contribution in [0, 0.1) is 12.7 Å². The zero-order chi connectivity index (χ0) is 16.4. The van der Waals surface area contributed by atoms with Gasteiger partial charge >= 0.3 is 0 Å². The molecular weight excluding hydrogens is 299 g/mol. The van der Waals surface area contributed by atoms with Gasteiger partial charge in [-0.3, -0.25) is 9.69 Å². The first-order valence-electron chi connectivity index (χ1n) is 7.48. The van der Waals surface area contributed by atoms with E-state index in [4.69, 9.17) is 10.2 Å². The van der Waals surface area contributed by atoms with Crippen LogP contribution in [0.15, 0.2) is 34.9 Å². The Kier molecular flexibility index (Phi) is 4.29. The zero-order valence-electron chi connectivity index (χ0n) is 12.9. The van der Waals surface area contributed by atoms with Gasteiger partial charge in [-0.15, -0.1) is 0 Å². The van der Waals surface area contributed by atoms with Crippen LogP contribution in [0.2, 0.25) is 0 Å². The molecule has 1 saturated heterocycles. The number of amides is 1.